The van der Waals surface area contributed by atoms with Gasteiger partial charge in [-0.05, 0) is 84.9 Å². The second-order valence-electron chi connectivity index (χ2n) is 12.1. The number of H-pyrrole nitrogens is 2. The van der Waals surface area contributed by atoms with Gasteiger partial charge in [0.25, 0.3) is 0 Å². The predicted octanol–water partition coefficient (Wildman–Crippen LogP) is 6.23. The number of amides is 1. The number of imidazole rings is 1. The van der Waals surface area contributed by atoms with E-state index in [-0.39, 0.29) is 17.6 Å². The van der Waals surface area contributed by atoms with Gasteiger partial charge in [-0.3, -0.25) is 19.8 Å². The zero-order valence-corrected chi connectivity index (χ0v) is 24.9. The smallest absolute Gasteiger partial charge is 0.224 e. The molecule has 1 fully saturated rings. The fourth-order valence-electron chi connectivity index (χ4n) is 6.13. The lowest BCUT2D eigenvalue weighted by Gasteiger charge is -2.18. The minimum atomic E-state index is -0.246. The van der Waals surface area contributed by atoms with E-state index < -0.39 is 0 Å². The molecule has 1 saturated heterocycles. The highest BCUT2D eigenvalue weighted by Crippen LogP contribution is 2.34. The lowest BCUT2D eigenvalue weighted by atomic mass is 9.98. The molecule has 9 nitrogen and oxygen atoms in total. The SMILES string of the molecule is CC(C)CC(=O)Nc1cncc(-c2ccc3[nH]nc(-c4nc5c([nH]4)CNC=C5c4cc(F)cc(CN5CCCC5)c4)c3c2)c1. The number of fused-ring (bicyclic) bond motifs is 2. The van der Waals surface area contributed by atoms with E-state index in [4.69, 9.17) is 4.98 Å². The quantitative estimate of drug-likeness (QED) is 0.170. The predicted molar refractivity (Wildman–Crippen MR) is 170 cm³/mol. The number of anilines is 1. The van der Waals surface area contributed by atoms with Crippen molar-refractivity contribution in [1.82, 2.24) is 35.4 Å². The van der Waals surface area contributed by atoms with Crippen LogP contribution < -0.4 is 10.6 Å². The first-order valence-corrected chi connectivity index (χ1v) is 15.2. The average molecular weight is 591 g/mol. The molecule has 0 unspecified atom stereocenters. The lowest BCUT2D eigenvalue weighted by molar-refractivity contribution is -0.116. The summed E-state index contributed by atoms with van der Waals surface area (Å²) in [5.41, 5.74) is 8.37. The Morgan fingerprint density at radius 1 is 1.02 bits per heavy atom. The molecular weight excluding hydrogens is 555 g/mol. The number of benzene rings is 2. The Morgan fingerprint density at radius 2 is 1.89 bits per heavy atom. The third kappa shape index (κ3) is 5.72. The van der Waals surface area contributed by atoms with E-state index in [0.717, 1.165) is 69.8 Å². The molecule has 0 radical (unpaired) electrons. The molecule has 2 aliphatic rings. The van der Waals surface area contributed by atoms with E-state index in [1.165, 1.54) is 12.8 Å². The van der Waals surface area contributed by atoms with Crippen LogP contribution in [0.2, 0.25) is 0 Å². The van der Waals surface area contributed by atoms with Gasteiger partial charge in [0.2, 0.25) is 5.91 Å². The highest BCUT2D eigenvalue weighted by Gasteiger charge is 2.23. The van der Waals surface area contributed by atoms with Crippen molar-refractivity contribution in [2.75, 3.05) is 18.4 Å². The van der Waals surface area contributed by atoms with Crippen LogP contribution in [0.1, 0.15) is 55.6 Å². The Hall–Kier alpha value is -4.83. The van der Waals surface area contributed by atoms with Crippen molar-refractivity contribution in [2.24, 2.45) is 5.92 Å². The standard InChI is InChI=1S/C34H35FN8O/c1-20(2)9-31(44)38-26-13-24(15-36-16-26)22-5-6-29-27(14-22)33(42-41-29)34-39-30-18-37-17-28(32(30)40-34)23-10-21(11-25(35)12-23)19-43-7-3-4-8-43/h5-6,10-17,20,37H,3-4,7-9,18-19H2,1-2H3,(H,38,44)(H,39,40)(H,41,42). The van der Waals surface area contributed by atoms with Crippen molar-refractivity contribution in [3.8, 4) is 22.6 Å². The maximum absolute atomic E-state index is 14.8. The van der Waals surface area contributed by atoms with Gasteiger partial charge < -0.3 is 15.6 Å². The maximum atomic E-state index is 14.8. The van der Waals surface area contributed by atoms with Crippen molar-refractivity contribution in [3.63, 3.8) is 0 Å². The molecule has 0 aliphatic carbocycles. The minimum Gasteiger partial charge on any atom is -0.385 e. The molecule has 0 saturated carbocycles. The fraction of sp³-hybridized carbons (Fsp3) is 0.294. The van der Waals surface area contributed by atoms with Crippen LogP contribution in [-0.2, 0) is 17.9 Å². The number of carbonyl (C=O) groups is 1. The topological polar surface area (TPSA) is 115 Å². The number of likely N-dealkylation sites (tertiary alicyclic amines) is 1. The fourth-order valence-corrected chi connectivity index (χ4v) is 6.13. The van der Waals surface area contributed by atoms with Crippen LogP contribution in [0.3, 0.4) is 0 Å². The number of halogens is 1. The number of carbonyl (C=O) groups excluding carboxylic acids is 1. The third-order valence-electron chi connectivity index (χ3n) is 8.17. The summed E-state index contributed by atoms with van der Waals surface area (Å²) in [5, 5.41) is 14.9. The Labute approximate surface area is 255 Å². The van der Waals surface area contributed by atoms with Crippen LogP contribution >= 0.6 is 0 Å². The summed E-state index contributed by atoms with van der Waals surface area (Å²) in [6, 6.07) is 13.2. The number of pyridine rings is 1. The van der Waals surface area contributed by atoms with Crippen LogP contribution in [0, 0.1) is 11.7 Å². The van der Waals surface area contributed by atoms with E-state index in [0.29, 0.717) is 30.2 Å². The first kappa shape index (κ1) is 28.0. The minimum absolute atomic E-state index is 0.0303. The van der Waals surface area contributed by atoms with Crippen molar-refractivity contribution in [2.45, 2.75) is 46.2 Å². The van der Waals surface area contributed by atoms with E-state index in [9.17, 15) is 9.18 Å². The molecule has 10 heteroatoms. The first-order valence-electron chi connectivity index (χ1n) is 15.2. The number of hydrogen-bond donors (Lipinski definition) is 4. The Bertz CT molecular complexity index is 1880. The highest BCUT2D eigenvalue weighted by molar-refractivity contribution is 5.96. The van der Waals surface area contributed by atoms with E-state index in [1.807, 2.05) is 38.2 Å². The molecule has 0 atom stereocenters. The van der Waals surface area contributed by atoms with Gasteiger partial charge in [-0.25, -0.2) is 9.37 Å². The summed E-state index contributed by atoms with van der Waals surface area (Å²) in [4.78, 5) is 27.5. The van der Waals surface area contributed by atoms with Gasteiger partial charge >= 0.3 is 0 Å². The van der Waals surface area contributed by atoms with Gasteiger partial charge in [0.15, 0.2) is 5.82 Å². The van der Waals surface area contributed by atoms with Crippen molar-refractivity contribution >= 4 is 28.1 Å². The number of aromatic nitrogens is 5. The van der Waals surface area contributed by atoms with Crippen LogP contribution in [0.5, 0.6) is 0 Å². The molecule has 0 bridgehead atoms. The van der Waals surface area contributed by atoms with Gasteiger partial charge in [-0.2, -0.15) is 5.10 Å². The van der Waals surface area contributed by atoms with Crippen LogP contribution in [0.15, 0.2) is 61.1 Å². The molecule has 2 aromatic carbocycles. The summed E-state index contributed by atoms with van der Waals surface area (Å²) < 4.78 is 14.8. The molecule has 3 aromatic heterocycles. The second kappa shape index (κ2) is 11.7. The van der Waals surface area contributed by atoms with Gasteiger partial charge in [-0.15, -0.1) is 0 Å². The van der Waals surface area contributed by atoms with Crippen LogP contribution in [0.25, 0.3) is 39.1 Å². The Kier molecular flexibility index (Phi) is 7.43. The van der Waals surface area contributed by atoms with E-state index in [1.54, 1.807) is 24.5 Å². The molecular formula is C34H35FN8O. The van der Waals surface area contributed by atoms with Crippen molar-refractivity contribution in [3.05, 3.63) is 89.4 Å². The van der Waals surface area contributed by atoms with Gasteiger partial charge in [0, 0.05) is 41.9 Å². The lowest BCUT2D eigenvalue weighted by Crippen LogP contribution is -2.18. The highest BCUT2D eigenvalue weighted by atomic mass is 19.1. The number of hydrogen-bond acceptors (Lipinski definition) is 6. The zero-order valence-electron chi connectivity index (χ0n) is 24.9. The number of nitrogens with zero attached hydrogens (tertiary/aromatic N) is 4. The van der Waals surface area contributed by atoms with Gasteiger partial charge in [-0.1, -0.05) is 19.9 Å². The summed E-state index contributed by atoms with van der Waals surface area (Å²) in [6.07, 6.45) is 8.20. The van der Waals surface area contributed by atoms with Crippen LogP contribution in [-0.4, -0.2) is 49.0 Å². The summed E-state index contributed by atoms with van der Waals surface area (Å²) in [5.74, 6) is 0.630. The van der Waals surface area contributed by atoms with E-state index in [2.05, 4.69) is 47.8 Å². The van der Waals surface area contributed by atoms with Crippen molar-refractivity contribution in [1.29, 1.82) is 0 Å². The molecule has 7 rings (SSSR count). The summed E-state index contributed by atoms with van der Waals surface area (Å²) in [6.45, 7) is 7.47. The normalized spacial score (nSPS) is 15.0. The molecule has 5 heterocycles. The third-order valence-corrected chi connectivity index (χ3v) is 8.17. The Balaban J connectivity index is 1.19. The van der Waals surface area contributed by atoms with Crippen molar-refractivity contribution < 1.29 is 9.18 Å². The number of nitrogens with one attached hydrogen (secondary N) is 4. The van der Waals surface area contributed by atoms with E-state index >= 15 is 0 Å². The largest absolute Gasteiger partial charge is 0.385 e. The van der Waals surface area contributed by atoms with Gasteiger partial charge in [0.1, 0.15) is 11.5 Å². The number of aromatic amines is 2. The Morgan fingerprint density at radius 3 is 2.73 bits per heavy atom. The molecule has 4 N–H and O–H groups in total. The maximum Gasteiger partial charge on any atom is 0.224 e. The monoisotopic (exact) mass is 590 g/mol. The van der Waals surface area contributed by atoms with Gasteiger partial charge in [0.05, 0.1) is 35.3 Å². The molecule has 1 amide bonds. The molecule has 44 heavy (non-hydrogen) atoms. The molecule has 0 spiro atoms. The zero-order chi connectivity index (χ0) is 30.2. The second-order valence-corrected chi connectivity index (χ2v) is 12.1. The molecule has 224 valence electrons. The van der Waals surface area contributed by atoms with Crippen LogP contribution in [0.4, 0.5) is 10.1 Å². The summed E-state index contributed by atoms with van der Waals surface area (Å²) in [7, 11) is 0. The number of rotatable bonds is 8. The summed E-state index contributed by atoms with van der Waals surface area (Å²) >= 11 is 0. The molecule has 5 aromatic rings. The molecule has 2 aliphatic heterocycles. The average Bonchev–Trinajstić information content (AvgIpc) is 3.75. The first-order chi connectivity index (χ1) is 21.4.